The van der Waals surface area contributed by atoms with E-state index in [2.05, 4.69) is 27.7 Å². The van der Waals surface area contributed by atoms with Crippen LogP contribution < -0.4 is 11.2 Å². The highest BCUT2D eigenvalue weighted by Crippen LogP contribution is 2.06. The minimum absolute atomic E-state index is 0.108. The van der Waals surface area contributed by atoms with Crippen molar-refractivity contribution in [2.45, 2.75) is 0 Å². The second-order valence-corrected chi connectivity index (χ2v) is 3.06. The van der Waals surface area contributed by atoms with Crippen LogP contribution in [0, 0.1) is 0 Å². The van der Waals surface area contributed by atoms with Gasteiger partial charge in [-0.05, 0) is 12.2 Å². The molecule has 1 heterocycles. The number of hydrogen-bond donors (Lipinski definition) is 2. The van der Waals surface area contributed by atoms with E-state index in [0.29, 0.717) is 11.0 Å². The number of hydrogen-bond acceptors (Lipinski definition) is 3. The first-order valence-corrected chi connectivity index (χ1v) is 4.15. The number of aromatic nitrogens is 2. The molecule has 0 aliphatic heterocycles. The molecule has 0 unspecified atom stereocenters. The fraction of sp³-hybridized carbons (Fsp3) is 0.167. The lowest BCUT2D eigenvalue weighted by Crippen LogP contribution is -2.24. The molecule has 1 aromatic rings. The quantitative estimate of drug-likeness (QED) is 0.423. The van der Waals surface area contributed by atoms with Crippen LogP contribution in [0.25, 0.3) is 0 Å². The lowest BCUT2D eigenvalue weighted by Gasteiger charge is -1.96. The minimum atomic E-state index is 0.108. The van der Waals surface area contributed by atoms with Crippen LogP contribution in [0.4, 0.5) is 0 Å². The normalized spacial score (nSPS) is 10.6. The Morgan fingerprint density at radius 2 is 2.62 bits per heavy atom. The van der Waals surface area contributed by atoms with Crippen LogP contribution in [0.1, 0.15) is 5.82 Å². The average molecular weight is 218 g/mol. The summed E-state index contributed by atoms with van der Waals surface area (Å²) < 4.78 is 1.67. The van der Waals surface area contributed by atoms with Gasteiger partial charge in [-0.1, -0.05) is 11.6 Å². The molecule has 0 radical (unpaired) electrons. The maximum atomic E-state index is 5.74. The van der Waals surface area contributed by atoms with Gasteiger partial charge in [-0.25, -0.2) is 4.98 Å². The summed E-state index contributed by atoms with van der Waals surface area (Å²) in [7, 11) is 1.78. The topological polar surface area (TPSA) is 68.2 Å². The molecular formula is C6H8ClN5S. The Morgan fingerprint density at radius 3 is 3.08 bits per heavy atom. The van der Waals surface area contributed by atoms with E-state index in [1.807, 2.05) is 0 Å². The van der Waals surface area contributed by atoms with E-state index in [1.54, 1.807) is 11.6 Å². The molecule has 0 saturated carbocycles. The highest BCUT2D eigenvalue weighted by atomic mass is 35.5. The van der Waals surface area contributed by atoms with E-state index in [0.717, 1.165) is 0 Å². The first-order chi connectivity index (χ1) is 6.11. The van der Waals surface area contributed by atoms with Crippen molar-refractivity contribution in [2.24, 2.45) is 17.9 Å². The predicted octanol–water partition coefficient (Wildman–Crippen LogP) is 0.241. The third-order valence-corrected chi connectivity index (χ3v) is 1.76. The Morgan fingerprint density at radius 1 is 1.92 bits per heavy atom. The highest BCUT2D eigenvalue weighted by molar-refractivity contribution is 7.80. The molecule has 0 spiro atoms. The molecule has 3 N–H and O–H groups in total. The smallest absolute Gasteiger partial charge is 0.184 e. The fourth-order valence-corrected chi connectivity index (χ4v) is 0.864. The van der Waals surface area contributed by atoms with Gasteiger partial charge in [0.1, 0.15) is 5.15 Å². The van der Waals surface area contributed by atoms with E-state index < -0.39 is 0 Å². The van der Waals surface area contributed by atoms with Gasteiger partial charge in [-0.3, -0.25) is 5.43 Å². The molecule has 0 fully saturated rings. The van der Waals surface area contributed by atoms with Gasteiger partial charge in [0.2, 0.25) is 0 Å². The second kappa shape index (κ2) is 4.20. The number of nitrogens with zero attached hydrogens (tertiary/aromatic N) is 3. The lowest BCUT2D eigenvalue weighted by atomic mass is 10.7. The summed E-state index contributed by atoms with van der Waals surface area (Å²) in [4.78, 5) is 3.97. The van der Waals surface area contributed by atoms with Crippen molar-refractivity contribution in [1.29, 1.82) is 0 Å². The van der Waals surface area contributed by atoms with Crippen molar-refractivity contribution in [3.63, 3.8) is 0 Å². The summed E-state index contributed by atoms with van der Waals surface area (Å²) in [6.45, 7) is 0. The van der Waals surface area contributed by atoms with Crippen molar-refractivity contribution in [2.75, 3.05) is 0 Å². The van der Waals surface area contributed by atoms with Crippen LogP contribution in [0.15, 0.2) is 11.3 Å². The number of nitrogens with one attached hydrogen (secondary N) is 1. The number of halogens is 1. The van der Waals surface area contributed by atoms with Crippen LogP contribution in [-0.2, 0) is 7.05 Å². The van der Waals surface area contributed by atoms with E-state index >= 15 is 0 Å². The molecule has 1 aromatic heterocycles. The molecule has 0 aliphatic carbocycles. The van der Waals surface area contributed by atoms with Crippen molar-refractivity contribution in [1.82, 2.24) is 15.0 Å². The summed E-state index contributed by atoms with van der Waals surface area (Å²) in [6.07, 6.45) is 3.01. The third-order valence-electron chi connectivity index (χ3n) is 1.32. The zero-order valence-electron chi connectivity index (χ0n) is 6.86. The van der Waals surface area contributed by atoms with Crippen LogP contribution in [0.5, 0.6) is 0 Å². The largest absolute Gasteiger partial charge is 0.375 e. The first kappa shape index (κ1) is 9.94. The van der Waals surface area contributed by atoms with Gasteiger partial charge in [-0.15, -0.1) is 0 Å². The number of hydrazone groups is 1. The molecule has 0 aromatic carbocycles. The zero-order valence-corrected chi connectivity index (χ0v) is 8.43. The second-order valence-electron chi connectivity index (χ2n) is 2.23. The SMILES string of the molecule is Cn1c(Cl)cnc1/C=N/NC(N)=S. The van der Waals surface area contributed by atoms with E-state index in [9.17, 15) is 0 Å². The Kier molecular flexibility index (Phi) is 3.21. The van der Waals surface area contributed by atoms with E-state index in [1.165, 1.54) is 12.4 Å². The number of rotatable bonds is 2. The molecule has 5 nitrogen and oxygen atoms in total. The lowest BCUT2D eigenvalue weighted by molar-refractivity contribution is 0.897. The van der Waals surface area contributed by atoms with Gasteiger partial charge >= 0.3 is 0 Å². The highest BCUT2D eigenvalue weighted by Gasteiger charge is 1.99. The number of thiocarbonyl (C=S) groups is 1. The van der Waals surface area contributed by atoms with Gasteiger partial charge in [0.05, 0.1) is 12.4 Å². The Bertz CT molecular complexity index is 345. The summed E-state index contributed by atoms with van der Waals surface area (Å²) in [5.74, 6) is 0.619. The summed E-state index contributed by atoms with van der Waals surface area (Å²) >= 11 is 10.3. The fourth-order valence-electron chi connectivity index (χ4n) is 0.676. The van der Waals surface area contributed by atoms with E-state index in [-0.39, 0.29) is 5.11 Å². The zero-order chi connectivity index (χ0) is 9.84. The molecule has 0 bridgehead atoms. The monoisotopic (exact) mass is 217 g/mol. The van der Waals surface area contributed by atoms with Crippen LogP contribution in [-0.4, -0.2) is 20.9 Å². The first-order valence-electron chi connectivity index (χ1n) is 3.37. The molecule has 13 heavy (non-hydrogen) atoms. The predicted molar refractivity (Wildman–Crippen MR) is 55.7 cm³/mol. The Labute approximate surface area is 85.6 Å². The van der Waals surface area contributed by atoms with Crippen LogP contribution in [0.3, 0.4) is 0 Å². The van der Waals surface area contributed by atoms with Gasteiger partial charge in [-0.2, -0.15) is 5.10 Å². The van der Waals surface area contributed by atoms with Gasteiger partial charge in [0.15, 0.2) is 10.9 Å². The van der Waals surface area contributed by atoms with Gasteiger partial charge in [0.25, 0.3) is 0 Å². The molecule has 0 atom stereocenters. The molecule has 0 amide bonds. The van der Waals surface area contributed by atoms with Gasteiger partial charge < -0.3 is 10.3 Å². The van der Waals surface area contributed by atoms with Gasteiger partial charge in [0, 0.05) is 7.05 Å². The summed E-state index contributed by atoms with van der Waals surface area (Å²) in [5, 5.41) is 4.38. The Hall–Kier alpha value is -1.14. The van der Waals surface area contributed by atoms with Crippen molar-refractivity contribution < 1.29 is 0 Å². The van der Waals surface area contributed by atoms with Crippen molar-refractivity contribution in [3.8, 4) is 0 Å². The summed E-state index contributed by atoms with van der Waals surface area (Å²) in [5.41, 5.74) is 7.57. The molecule has 0 saturated heterocycles. The third kappa shape index (κ3) is 2.67. The molecular weight excluding hydrogens is 210 g/mol. The molecule has 1 rings (SSSR count). The van der Waals surface area contributed by atoms with Crippen LogP contribution in [0.2, 0.25) is 5.15 Å². The average Bonchev–Trinajstić information content (AvgIpc) is 2.35. The number of nitrogens with two attached hydrogens (primary N) is 1. The Balaban J connectivity index is 2.69. The van der Waals surface area contributed by atoms with Crippen LogP contribution >= 0.6 is 23.8 Å². The van der Waals surface area contributed by atoms with Crippen molar-refractivity contribution in [3.05, 3.63) is 17.2 Å². The van der Waals surface area contributed by atoms with Crippen molar-refractivity contribution >= 4 is 35.1 Å². The molecule has 70 valence electrons. The summed E-state index contributed by atoms with van der Waals surface area (Å²) in [6, 6.07) is 0. The number of imidazole rings is 1. The molecule has 0 aliphatic rings. The maximum Gasteiger partial charge on any atom is 0.184 e. The maximum absolute atomic E-state index is 5.74. The standard InChI is InChI=1S/C6H8ClN5S/c1-12-4(7)2-9-5(12)3-10-11-6(8)13/h2-3H,1H3,(H3,8,11,13)/b10-3+. The molecule has 7 heteroatoms. The minimum Gasteiger partial charge on any atom is -0.375 e. The van der Waals surface area contributed by atoms with E-state index in [4.69, 9.17) is 17.3 Å².